The molecule has 0 unspecified atom stereocenters. The summed E-state index contributed by atoms with van der Waals surface area (Å²) in [6.45, 7) is 4.35. The molecular formula is C15H16INO. The number of hydrogen-bond donors (Lipinski definition) is 1. The Balaban J connectivity index is 2.26. The fraction of sp³-hybridized carbons (Fsp3) is 0.333. The lowest BCUT2D eigenvalue weighted by molar-refractivity contribution is 0.353. The molecule has 1 N–H and O–H groups in total. The molecule has 1 aliphatic carbocycles. The second-order valence-corrected chi connectivity index (χ2v) is 6.58. The molecule has 0 heterocycles. The van der Waals surface area contributed by atoms with Crippen molar-refractivity contribution in [3.05, 3.63) is 45.2 Å². The summed E-state index contributed by atoms with van der Waals surface area (Å²) in [6, 6.07) is 8.14. The summed E-state index contributed by atoms with van der Waals surface area (Å²) >= 11 is 2.31. The largest absolute Gasteiger partial charge is 0.358 e. The van der Waals surface area contributed by atoms with Gasteiger partial charge in [-0.05, 0) is 59.1 Å². The van der Waals surface area contributed by atoms with Crippen LogP contribution in [0.2, 0.25) is 0 Å². The van der Waals surface area contributed by atoms with Crippen LogP contribution < -0.4 is 5.32 Å². The third kappa shape index (κ3) is 3.24. The monoisotopic (exact) mass is 353 g/mol. The number of para-hydroxylation sites is 1. The Labute approximate surface area is 121 Å². The maximum absolute atomic E-state index is 10.9. The van der Waals surface area contributed by atoms with Crippen molar-refractivity contribution >= 4 is 34.2 Å². The first-order valence-corrected chi connectivity index (χ1v) is 7.04. The molecule has 0 bridgehead atoms. The molecule has 94 valence electrons. The molecule has 2 nitrogen and oxygen atoms in total. The van der Waals surface area contributed by atoms with E-state index in [9.17, 15) is 4.79 Å². The Hall–Kier alpha value is -1.06. The Morgan fingerprint density at radius 3 is 2.67 bits per heavy atom. The first-order valence-electron chi connectivity index (χ1n) is 5.96. The first kappa shape index (κ1) is 13.4. The molecule has 1 aliphatic rings. The summed E-state index contributed by atoms with van der Waals surface area (Å²) in [5, 5.41) is 3.42. The molecule has 3 heteroatoms. The summed E-state index contributed by atoms with van der Waals surface area (Å²) in [7, 11) is 0. The lowest BCUT2D eigenvalue weighted by Gasteiger charge is -2.30. The molecule has 18 heavy (non-hydrogen) atoms. The highest BCUT2D eigenvalue weighted by Crippen LogP contribution is 2.37. The molecule has 0 atom stereocenters. The predicted octanol–water partition coefficient (Wildman–Crippen LogP) is 4.17. The molecule has 0 radical (unpaired) electrons. The van der Waals surface area contributed by atoms with E-state index < -0.39 is 0 Å². The molecule has 0 aliphatic heterocycles. The Bertz CT molecular complexity index is 539. The number of anilines is 1. The van der Waals surface area contributed by atoms with Gasteiger partial charge in [0, 0.05) is 14.8 Å². The van der Waals surface area contributed by atoms with Crippen LogP contribution in [-0.4, -0.2) is 5.94 Å². The van der Waals surface area contributed by atoms with E-state index in [0.717, 1.165) is 29.8 Å². The number of halogens is 1. The molecule has 1 aromatic carbocycles. The molecule has 0 spiro atoms. The van der Waals surface area contributed by atoms with Crippen LogP contribution in [0.4, 0.5) is 5.69 Å². The van der Waals surface area contributed by atoms with E-state index >= 15 is 0 Å². The fourth-order valence-corrected chi connectivity index (χ4v) is 2.81. The second kappa shape index (κ2) is 5.29. The van der Waals surface area contributed by atoms with Crippen molar-refractivity contribution in [1.29, 1.82) is 0 Å². The highest BCUT2D eigenvalue weighted by Gasteiger charge is 2.26. The van der Waals surface area contributed by atoms with E-state index in [2.05, 4.69) is 53.9 Å². The maximum atomic E-state index is 10.9. The quantitative estimate of drug-likeness (QED) is 0.639. The molecular weight excluding hydrogens is 337 g/mol. The van der Waals surface area contributed by atoms with Crippen LogP contribution in [0.15, 0.2) is 41.6 Å². The van der Waals surface area contributed by atoms with Crippen LogP contribution in [0.3, 0.4) is 0 Å². The second-order valence-electron chi connectivity index (χ2n) is 5.42. The minimum Gasteiger partial charge on any atom is -0.358 e. The van der Waals surface area contributed by atoms with Crippen LogP contribution in [0.25, 0.3) is 0 Å². The van der Waals surface area contributed by atoms with Gasteiger partial charge < -0.3 is 5.32 Å². The van der Waals surface area contributed by atoms with Gasteiger partial charge in [-0.15, -0.1) is 0 Å². The summed E-state index contributed by atoms with van der Waals surface area (Å²) in [5.74, 6) is 2.04. The molecule has 1 aromatic rings. The summed E-state index contributed by atoms with van der Waals surface area (Å²) in [5.41, 5.74) is 3.05. The highest BCUT2D eigenvalue weighted by molar-refractivity contribution is 14.1. The van der Waals surface area contributed by atoms with Gasteiger partial charge in [-0.2, -0.15) is 0 Å². The van der Waals surface area contributed by atoms with Crippen molar-refractivity contribution in [2.24, 2.45) is 5.41 Å². The molecule has 0 amide bonds. The Kier molecular flexibility index (Phi) is 3.93. The van der Waals surface area contributed by atoms with E-state index in [-0.39, 0.29) is 5.41 Å². The highest BCUT2D eigenvalue weighted by atomic mass is 127. The fourth-order valence-electron chi connectivity index (χ4n) is 2.29. The topological polar surface area (TPSA) is 29.1 Å². The smallest absolute Gasteiger partial charge is 0.128 e. The lowest BCUT2D eigenvalue weighted by atomic mass is 9.77. The summed E-state index contributed by atoms with van der Waals surface area (Å²) < 4.78 is 1.18. The average molecular weight is 353 g/mol. The van der Waals surface area contributed by atoms with Crippen molar-refractivity contribution in [3.63, 3.8) is 0 Å². The normalized spacial score (nSPS) is 17.9. The van der Waals surface area contributed by atoms with E-state index in [4.69, 9.17) is 0 Å². The van der Waals surface area contributed by atoms with Crippen molar-refractivity contribution in [3.8, 4) is 0 Å². The van der Waals surface area contributed by atoms with Crippen molar-refractivity contribution in [1.82, 2.24) is 0 Å². The van der Waals surface area contributed by atoms with Gasteiger partial charge >= 0.3 is 0 Å². The number of benzene rings is 1. The molecule has 0 aromatic heterocycles. The van der Waals surface area contributed by atoms with Crippen LogP contribution in [-0.2, 0) is 4.79 Å². The maximum Gasteiger partial charge on any atom is 0.128 e. The SMILES string of the molecule is CC1(C)CC(=C=O)C=C(Nc2ccccc2I)C1. The summed E-state index contributed by atoms with van der Waals surface area (Å²) in [4.78, 5) is 10.9. The summed E-state index contributed by atoms with van der Waals surface area (Å²) in [6.07, 6.45) is 3.68. The minimum atomic E-state index is 0.115. The van der Waals surface area contributed by atoms with Crippen LogP contribution in [0, 0.1) is 8.99 Å². The third-order valence-corrected chi connectivity index (χ3v) is 3.93. The van der Waals surface area contributed by atoms with Gasteiger partial charge in [0.15, 0.2) is 0 Å². The molecule has 0 saturated heterocycles. The van der Waals surface area contributed by atoms with Gasteiger partial charge in [0.2, 0.25) is 0 Å². The zero-order valence-corrected chi connectivity index (χ0v) is 12.7. The number of nitrogens with one attached hydrogen (secondary N) is 1. The van der Waals surface area contributed by atoms with Gasteiger partial charge in [0.05, 0.1) is 5.69 Å². The number of carbonyl (C=O) groups excluding carboxylic acids is 1. The zero-order valence-electron chi connectivity index (χ0n) is 10.6. The third-order valence-electron chi connectivity index (χ3n) is 2.99. The standard InChI is InChI=1S/C15H16INO/c1-15(2)8-11(10-18)7-12(9-15)17-14-6-4-3-5-13(14)16/h3-7,17H,8-9H2,1-2H3. The van der Waals surface area contributed by atoms with Gasteiger partial charge in [0.1, 0.15) is 5.94 Å². The van der Waals surface area contributed by atoms with Crippen LogP contribution >= 0.6 is 22.6 Å². The molecule has 2 rings (SSSR count). The van der Waals surface area contributed by atoms with Crippen LogP contribution in [0.5, 0.6) is 0 Å². The van der Waals surface area contributed by atoms with Crippen LogP contribution in [0.1, 0.15) is 26.7 Å². The lowest BCUT2D eigenvalue weighted by Crippen LogP contribution is -2.20. The van der Waals surface area contributed by atoms with Gasteiger partial charge in [0.25, 0.3) is 0 Å². The van der Waals surface area contributed by atoms with Gasteiger partial charge in [-0.1, -0.05) is 26.0 Å². The van der Waals surface area contributed by atoms with E-state index in [1.54, 1.807) is 0 Å². The van der Waals surface area contributed by atoms with Gasteiger partial charge in [-0.25, -0.2) is 4.79 Å². The average Bonchev–Trinajstić information content (AvgIpc) is 2.30. The van der Waals surface area contributed by atoms with Gasteiger partial charge in [-0.3, -0.25) is 0 Å². The zero-order chi connectivity index (χ0) is 13.2. The van der Waals surface area contributed by atoms with E-state index in [0.29, 0.717) is 0 Å². The Morgan fingerprint density at radius 1 is 1.28 bits per heavy atom. The number of hydrogen-bond acceptors (Lipinski definition) is 2. The van der Waals surface area contributed by atoms with E-state index in [1.807, 2.05) is 24.2 Å². The van der Waals surface area contributed by atoms with Crippen molar-refractivity contribution in [2.75, 3.05) is 5.32 Å². The number of rotatable bonds is 2. The Morgan fingerprint density at radius 2 is 2.00 bits per heavy atom. The molecule has 0 fully saturated rings. The predicted molar refractivity (Wildman–Crippen MR) is 83.1 cm³/mol. The van der Waals surface area contributed by atoms with E-state index in [1.165, 1.54) is 3.57 Å². The number of allylic oxidation sites excluding steroid dienone is 3. The molecule has 0 saturated carbocycles. The first-order chi connectivity index (χ1) is 8.50. The van der Waals surface area contributed by atoms with Crippen molar-refractivity contribution < 1.29 is 4.79 Å². The minimum absolute atomic E-state index is 0.115. The van der Waals surface area contributed by atoms with Crippen molar-refractivity contribution in [2.45, 2.75) is 26.7 Å².